The number of likely N-dealkylation sites (tertiary alicyclic amines) is 1. The van der Waals surface area contributed by atoms with Crippen molar-refractivity contribution >= 4 is 11.6 Å². The number of aryl methyl sites for hydroxylation is 2. The Hall–Kier alpha value is -2.37. The standard InChI is InChI=1S/C23H30N4O/c24-23(26-21-9-8-17-6-3-7-18(17)14-21)25-15-19-4-1-2-5-20(19)16-27-12-10-22(28)11-13-27/h1-2,4-5,8-9,14,22,28H,3,6-7,10-13,15-16H2,(H3,24,25,26). The second-order valence-corrected chi connectivity index (χ2v) is 7.94. The number of aliphatic hydroxyl groups excluding tert-OH is 1. The average molecular weight is 379 g/mol. The second-order valence-electron chi connectivity index (χ2n) is 7.94. The Kier molecular flexibility index (Phi) is 5.93. The van der Waals surface area contributed by atoms with Gasteiger partial charge in [-0.1, -0.05) is 30.3 Å². The van der Waals surface area contributed by atoms with Gasteiger partial charge in [-0.25, -0.2) is 4.99 Å². The molecule has 1 aliphatic carbocycles. The number of benzene rings is 2. The minimum atomic E-state index is -0.138. The van der Waals surface area contributed by atoms with Crippen LogP contribution in [0.15, 0.2) is 47.5 Å². The van der Waals surface area contributed by atoms with Gasteiger partial charge in [0.25, 0.3) is 0 Å². The summed E-state index contributed by atoms with van der Waals surface area (Å²) >= 11 is 0. The number of aliphatic imine (C=N–C) groups is 1. The number of piperidine rings is 1. The molecule has 2 aliphatic rings. The van der Waals surface area contributed by atoms with Gasteiger partial charge in [0, 0.05) is 25.3 Å². The molecule has 28 heavy (non-hydrogen) atoms. The van der Waals surface area contributed by atoms with Crippen molar-refractivity contribution in [3.05, 3.63) is 64.7 Å². The van der Waals surface area contributed by atoms with Crippen molar-refractivity contribution in [3.63, 3.8) is 0 Å². The van der Waals surface area contributed by atoms with Crippen LogP contribution < -0.4 is 11.1 Å². The van der Waals surface area contributed by atoms with E-state index in [1.807, 2.05) is 0 Å². The Morgan fingerprint density at radius 3 is 2.64 bits per heavy atom. The SMILES string of the molecule is NC(=NCc1ccccc1CN1CCC(O)CC1)Nc1ccc2c(c1)CCC2. The van der Waals surface area contributed by atoms with Crippen LogP contribution in [0.4, 0.5) is 5.69 Å². The molecule has 0 radical (unpaired) electrons. The monoisotopic (exact) mass is 378 g/mol. The van der Waals surface area contributed by atoms with E-state index in [4.69, 9.17) is 5.73 Å². The molecule has 5 nitrogen and oxygen atoms in total. The lowest BCUT2D eigenvalue weighted by molar-refractivity contribution is 0.0791. The number of hydrogen-bond acceptors (Lipinski definition) is 3. The van der Waals surface area contributed by atoms with Gasteiger partial charge >= 0.3 is 0 Å². The Labute approximate surface area is 167 Å². The van der Waals surface area contributed by atoms with Crippen LogP contribution in [0.3, 0.4) is 0 Å². The number of aliphatic hydroxyl groups is 1. The summed E-state index contributed by atoms with van der Waals surface area (Å²) < 4.78 is 0. The first-order valence-electron chi connectivity index (χ1n) is 10.3. The molecule has 1 heterocycles. The molecule has 1 saturated heterocycles. The fourth-order valence-electron chi connectivity index (χ4n) is 4.19. The Morgan fingerprint density at radius 1 is 1.07 bits per heavy atom. The molecule has 0 spiro atoms. The lowest BCUT2D eigenvalue weighted by atomic mass is 10.0. The van der Waals surface area contributed by atoms with Crippen LogP contribution in [-0.2, 0) is 25.9 Å². The van der Waals surface area contributed by atoms with E-state index in [-0.39, 0.29) is 6.10 Å². The number of nitrogens with zero attached hydrogens (tertiary/aromatic N) is 2. The van der Waals surface area contributed by atoms with Crippen molar-refractivity contribution in [1.29, 1.82) is 0 Å². The largest absolute Gasteiger partial charge is 0.393 e. The van der Waals surface area contributed by atoms with E-state index < -0.39 is 0 Å². The van der Waals surface area contributed by atoms with Crippen molar-refractivity contribution in [2.75, 3.05) is 18.4 Å². The summed E-state index contributed by atoms with van der Waals surface area (Å²) in [4.78, 5) is 6.98. The molecule has 4 rings (SSSR count). The molecule has 0 bridgehead atoms. The Bertz CT molecular complexity index is 840. The topological polar surface area (TPSA) is 73.9 Å². The van der Waals surface area contributed by atoms with E-state index in [9.17, 15) is 5.11 Å². The van der Waals surface area contributed by atoms with Gasteiger partial charge in [-0.05, 0) is 66.5 Å². The van der Waals surface area contributed by atoms with Crippen LogP contribution in [0.25, 0.3) is 0 Å². The summed E-state index contributed by atoms with van der Waals surface area (Å²) in [5.41, 5.74) is 12.5. The van der Waals surface area contributed by atoms with Gasteiger partial charge in [-0.15, -0.1) is 0 Å². The van der Waals surface area contributed by atoms with Gasteiger partial charge in [0.05, 0.1) is 12.6 Å². The highest BCUT2D eigenvalue weighted by Crippen LogP contribution is 2.25. The van der Waals surface area contributed by atoms with Gasteiger partial charge in [0.1, 0.15) is 0 Å². The predicted octanol–water partition coefficient (Wildman–Crippen LogP) is 3.06. The zero-order valence-corrected chi connectivity index (χ0v) is 16.4. The molecule has 2 aromatic carbocycles. The van der Waals surface area contributed by atoms with Crippen molar-refractivity contribution in [2.24, 2.45) is 10.7 Å². The van der Waals surface area contributed by atoms with E-state index >= 15 is 0 Å². The summed E-state index contributed by atoms with van der Waals surface area (Å²) in [6.07, 6.45) is 5.17. The predicted molar refractivity (Wildman–Crippen MR) is 114 cm³/mol. The number of nitrogens with two attached hydrogens (primary N) is 1. The summed E-state index contributed by atoms with van der Waals surface area (Å²) in [5, 5.41) is 12.9. The zero-order chi connectivity index (χ0) is 19.3. The molecule has 1 aliphatic heterocycles. The van der Waals surface area contributed by atoms with Gasteiger partial charge in [-0.3, -0.25) is 4.90 Å². The number of guanidine groups is 1. The molecule has 0 amide bonds. The van der Waals surface area contributed by atoms with Crippen LogP contribution >= 0.6 is 0 Å². The maximum Gasteiger partial charge on any atom is 0.193 e. The fourth-order valence-corrected chi connectivity index (χ4v) is 4.19. The molecular weight excluding hydrogens is 348 g/mol. The third-order valence-corrected chi connectivity index (χ3v) is 5.86. The minimum absolute atomic E-state index is 0.138. The van der Waals surface area contributed by atoms with E-state index in [1.165, 1.54) is 35.1 Å². The molecule has 0 saturated carbocycles. The third kappa shape index (κ3) is 4.72. The van der Waals surface area contributed by atoms with Crippen LogP contribution in [0, 0.1) is 0 Å². The highest BCUT2D eigenvalue weighted by molar-refractivity contribution is 5.92. The Balaban J connectivity index is 1.38. The molecule has 1 fully saturated rings. The number of anilines is 1. The van der Waals surface area contributed by atoms with Crippen molar-refractivity contribution < 1.29 is 5.11 Å². The highest BCUT2D eigenvalue weighted by Gasteiger charge is 2.17. The molecule has 148 valence electrons. The molecule has 0 aromatic heterocycles. The molecule has 0 atom stereocenters. The second kappa shape index (κ2) is 8.76. The normalized spacial score (nSPS) is 18.2. The smallest absolute Gasteiger partial charge is 0.193 e. The van der Waals surface area contributed by atoms with Gasteiger partial charge in [0.15, 0.2) is 5.96 Å². The summed E-state index contributed by atoms with van der Waals surface area (Å²) in [6.45, 7) is 3.36. The molecule has 4 N–H and O–H groups in total. The lowest BCUT2D eigenvalue weighted by Crippen LogP contribution is -2.35. The highest BCUT2D eigenvalue weighted by atomic mass is 16.3. The summed E-state index contributed by atoms with van der Waals surface area (Å²) in [6, 6.07) is 14.9. The molecule has 0 unspecified atom stereocenters. The van der Waals surface area contributed by atoms with E-state index in [0.29, 0.717) is 12.5 Å². The quantitative estimate of drug-likeness (QED) is 0.552. The number of fused-ring (bicyclic) bond motifs is 1. The van der Waals surface area contributed by atoms with Crippen molar-refractivity contribution in [2.45, 2.75) is 51.3 Å². The number of rotatable bonds is 5. The van der Waals surface area contributed by atoms with E-state index in [0.717, 1.165) is 44.6 Å². The number of nitrogens with one attached hydrogen (secondary N) is 1. The maximum absolute atomic E-state index is 9.70. The fraction of sp³-hybridized carbons (Fsp3) is 0.435. The van der Waals surface area contributed by atoms with E-state index in [2.05, 4.69) is 57.7 Å². The molecular formula is C23H30N4O. The lowest BCUT2D eigenvalue weighted by Gasteiger charge is -2.30. The average Bonchev–Trinajstić information content (AvgIpc) is 3.17. The van der Waals surface area contributed by atoms with Crippen LogP contribution in [0.5, 0.6) is 0 Å². The molecule has 2 aromatic rings. The summed E-state index contributed by atoms with van der Waals surface area (Å²) in [7, 11) is 0. The molecule has 5 heteroatoms. The first-order chi connectivity index (χ1) is 13.7. The first kappa shape index (κ1) is 19.0. The van der Waals surface area contributed by atoms with Gasteiger partial charge < -0.3 is 16.2 Å². The van der Waals surface area contributed by atoms with Gasteiger partial charge in [-0.2, -0.15) is 0 Å². The Morgan fingerprint density at radius 2 is 1.82 bits per heavy atom. The van der Waals surface area contributed by atoms with Crippen molar-refractivity contribution in [3.8, 4) is 0 Å². The van der Waals surface area contributed by atoms with Crippen LogP contribution in [0.2, 0.25) is 0 Å². The minimum Gasteiger partial charge on any atom is -0.393 e. The first-order valence-corrected chi connectivity index (χ1v) is 10.3. The maximum atomic E-state index is 9.70. The third-order valence-electron chi connectivity index (χ3n) is 5.86. The van der Waals surface area contributed by atoms with Crippen LogP contribution in [-0.4, -0.2) is 35.2 Å². The number of hydrogen-bond donors (Lipinski definition) is 3. The van der Waals surface area contributed by atoms with E-state index in [1.54, 1.807) is 0 Å². The summed E-state index contributed by atoms with van der Waals surface area (Å²) in [5.74, 6) is 0.453. The van der Waals surface area contributed by atoms with Gasteiger partial charge in [0.2, 0.25) is 0 Å². The zero-order valence-electron chi connectivity index (χ0n) is 16.4. The van der Waals surface area contributed by atoms with Crippen molar-refractivity contribution in [1.82, 2.24) is 4.90 Å². The van der Waals surface area contributed by atoms with Crippen LogP contribution in [0.1, 0.15) is 41.5 Å².